The number of benzene rings is 8. The van der Waals surface area contributed by atoms with Crippen LogP contribution in [0.25, 0.3) is 55.3 Å². The number of fused-ring (bicyclic) bond motifs is 9. The smallest absolute Gasteiger partial charge is 0.336 e. The van der Waals surface area contributed by atoms with Crippen LogP contribution in [0.5, 0.6) is 0 Å². The van der Waals surface area contributed by atoms with Gasteiger partial charge in [0.1, 0.15) is 11.2 Å². The highest BCUT2D eigenvalue weighted by Crippen LogP contribution is 2.55. The lowest BCUT2D eigenvalue weighted by molar-refractivity contribution is 0.332. The zero-order chi connectivity index (χ0) is 47.2. The zero-order valence-corrected chi connectivity index (χ0v) is 41.5. The van der Waals surface area contributed by atoms with Crippen LogP contribution in [0.15, 0.2) is 162 Å². The van der Waals surface area contributed by atoms with Crippen molar-refractivity contribution in [2.24, 2.45) is 0 Å². The minimum atomic E-state index is -0.202. The fourth-order valence-electron chi connectivity index (χ4n) is 12.2. The van der Waals surface area contributed by atoms with E-state index in [2.05, 4.69) is 216 Å². The number of hydrogen-bond acceptors (Lipinski definition) is 3. The number of rotatable bonds is 10. The molecular formula is C65H63BN2O. The highest BCUT2D eigenvalue weighted by molar-refractivity contribution is 6.95. The molecular weight excluding hydrogens is 836 g/mol. The molecule has 3 nitrogen and oxygen atoms in total. The van der Waals surface area contributed by atoms with Crippen LogP contribution in [0.1, 0.15) is 108 Å². The van der Waals surface area contributed by atoms with Gasteiger partial charge in [0.15, 0.2) is 0 Å². The first-order chi connectivity index (χ1) is 33.5. The lowest BCUT2D eigenvalue weighted by atomic mass is 9.43. The van der Waals surface area contributed by atoms with Crippen molar-refractivity contribution < 1.29 is 4.42 Å². The molecule has 3 aliphatic rings. The van der Waals surface area contributed by atoms with E-state index < -0.39 is 0 Å². The SMILES string of the molecule is CCCCc1ccc(N2B3c4c(cc(-c5ccccc5C)cc4N(c4ccc(CCCC)cc4-c4ccccc4)c4ccc5c(oc6ccccc65)c43)-c3cc4c(cc32)C(C)(C)CCC4(C)C)cc1. The molecule has 9 aromatic rings. The van der Waals surface area contributed by atoms with Crippen LogP contribution in [0.4, 0.5) is 28.4 Å². The van der Waals surface area contributed by atoms with Crippen molar-refractivity contribution in [2.75, 3.05) is 9.71 Å². The molecule has 12 rings (SSSR count). The van der Waals surface area contributed by atoms with E-state index in [-0.39, 0.29) is 17.7 Å². The lowest BCUT2D eigenvalue weighted by Gasteiger charge is -2.48. The molecule has 8 aromatic carbocycles. The molecule has 0 saturated carbocycles. The van der Waals surface area contributed by atoms with E-state index in [1.165, 1.54) is 108 Å². The first-order valence-corrected chi connectivity index (χ1v) is 25.8. The fourth-order valence-corrected chi connectivity index (χ4v) is 12.2. The minimum absolute atomic E-state index is 0.0222. The minimum Gasteiger partial charge on any atom is -0.456 e. The van der Waals surface area contributed by atoms with Crippen LogP contribution in [0.2, 0.25) is 0 Å². The van der Waals surface area contributed by atoms with Crippen LogP contribution in [-0.4, -0.2) is 6.85 Å². The number of nitrogens with zero attached hydrogens (tertiary/aromatic N) is 2. The van der Waals surface area contributed by atoms with Gasteiger partial charge in [-0.3, -0.25) is 0 Å². The fraction of sp³-hybridized carbons (Fsp3) is 0.262. The summed E-state index contributed by atoms with van der Waals surface area (Å²) in [4.78, 5) is 5.33. The number of aryl methyl sites for hydroxylation is 3. The number of hydrogen-bond donors (Lipinski definition) is 0. The molecule has 1 aliphatic carbocycles. The van der Waals surface area contributed by atoms with Crippen LogP contribution in [-0.2, 0) is 23.7 Å². The Bertz CT molecular complexity index is 3450. The Morgan fingerprint density at radius 3 is 1.93 bits per heavy atom. The zero-order valence-electron chi connectivity index (χ0n) is 41.5. The van der Waals surface area contributed by atoms with E-state index in [1.54, 1.807) is 0 Å². The summed E-state index contributed by atoms with van der Waals surface area (Å²) in [5.41, 5.74) is 25.0. The molecule has 0 fully saturated rings. The summed E-state index contributed by atoms with van der Waals surface area (Å²) in [6.45, 7) is 16.5. The Morgan fingerprint density at radius 2 is 1.17 bits per heavy atom. The molecule has 1 aromatic heterocycles. The van der Waals surface area contributed by atoms with Crippen molar-refractivity contribution >= 4 is 68.1 Å². The standard InChI is InChI=1S/C65H63BN2O/c1-8-10-20-43-27-30-47(31-28-43)68-58-41-55-54(64(4,5)35-36-65(55,6)7)40-52(58)53-38-46(48-24-16-15-19-42(48)3)39-59-61(53)66(68)62-57(34-32-50-49-25-17-18-26-60(49)69-63(50)62)67(59)56-33-29-44(21-11-9-2)37-51(56)45-22-13-12-14-23-45/h12-19,22-34,37-41H,8-11,20-21,35-36H2,1-7H3. The molecule has 0 N–H and O–H groups in total. The van der Waals surface area contributed by atoms with Crippen LogP contribution >= 0.6 is 0 Å². The predicted octanol–water partition coefficient (Wildman–Crippen LogP) is 17.0. The van der Waals surface area contributed by atoms with Gasteiger partial charge in [0.2, 0.25) is 0 Å². The number of unbranched alkanes of at least 4 members (excludes halogenated alkanes) is 2. The summed E-state index contributed by atoms with van der Waals surface area (Å²) >= 11 is 0. The monoisotopic (exact) mass is 899 g/mol. The van der Waals surface area contributed by atoms with Gasteiger partial charge in [-0.25, -0.2) is 0 Å². The average molecular weight is 899 g/mol. The van der Waals surface area contributed by atoms with Gasteiger partial charge < -0.3 is 14.1 Å². The highest BCUT2D eigenvalue weighted by atomic mass is 16.3. The van der Waals surface area contributed by atoms with Crippen molar-refractivity contribution in [3.8, 4) is 33.4 Å². The average Bonchev–Trinajstić information content (AvgIpc) is 3.76. The topological polar surface area (TPSA) is 19.6 Å². The Kier molecular flexibility index (Phi) is 10.5. The summed E-state index contributed by atoms with van der Waals surface area (Å²) in [6.07, 6.45) is 9.12. The molecule has 0 atom stereocenters. The van der Waals surface area contributed by atoms with Gasteiger partial charge in [0.05, 0.1) is 5.69 Å². The van der Waals surface area contributed by atoms with Crippen LogP contribution in [0.3, 0.4) is 0 Å². The molecule has 0 amide bonds. The molecule has 3 heterocycles. The van der Waals surface area contributed by atoms with E-state index in [0.717, 1.165) is 66.2 Å². The maximum Gasteiger partial charge on any atom is 0.336 e. The first-order valence-electron chi connectivity index (χ1n) is 25.8. The Hall–Kier alpha value is -6.78. The Balaban J connectivity index is 1.25. The summed E-state index contributed by atoms with van der Waals surface area (Å²) in [7, 11) is 0. The Morgan fingerprint density at radius 1 is 0.507 bits per heavy atom. The van der Waals surface area contributed by atoms with Gasteiger partial charge in [-0.1, -0.05) is 145 Å². The molecule has 342 valence electrons. The van der Waals surface area contributed by atoms with E-state index >= 15 is 0 Å². The number of anilines is 5. The molecule has 2 aliphatic heterocycles. The molecule has 0 bridgehead atoms. The van der Waals surface area contributed by atoms with E-state index in [9.17, 15) is 0 Å². The summed E-state index contributed by atoms with van der Waals surface area (Å²) in [5, 5.41) is 2.30. The number of para-hydroxylation sites is 1. The predicted molar refractivity (Wildman–Crippen MR) is 296 cm³/mol. The second kappa shape index (κ2) is 16.7. The van der Waals surface area contributed by atoms with Gasteiger partial charge in [-0.2, -0.15) is 0 Å². The van der Waals surface area contributed by atoms with E-state index in [1.807, 2.05) is 0 Å². The quantitative estimate of drug-likeness (QED) is 0.128. The Labute approximate surface area is 409 Å². The van der Waals surface area contributed by atoms with Gasteiger partial charge in [0, 0.05) is 50.1 Å². The second-order valence-electron chi connectivity index (χ2n) is 21.6. The summed E-state index contributed by atoms with van der Waals surface area (Å²) < 4.78 is 7.27. The van der Waals surface area contributed by atoms with Crippen molar-refractivity contribution in [1.82, 2.24) is 0 Å². The van der Waals surface area contributed by atoms with E-state index in [0.29, 0.717) is 0 Å². The largest absolute Gasteiger partial charge is 0.456 e. The van der Waals surface area contributed by atoms with Crippen LogP contribution < -0.4 is 20.6 Å². The van der Waals surface area contributed by atoms with Gasteiger partial charge in [-0.15, -0.1) is 0 Å². The van der Waals surface area contributed by atoms with Gasteiger partial charge in [0.25, 0.3) is 0 Å². The van der Waals surface area contributed by atoms with Gasteiger partial charge in [-0.05, 0) is 179 Å². The van der Waals surface area contributed by atoms with Crippen LogP contribution in [0, 0.1) is 6.92 Å². The van der Waals surface area contributed by atoms with E-state index in [4.69, 9.17) is 4.42 Å². The molecule has 4 heteroatoms. The molecule has 69 heavy (non-hydrogen) atoms. The lowest BCUT2D eigenvalue weighted by Crippen LogP contribution is -2.62. The van der Waals surface area contributed by atoms with Crippen molar-refractivity contribution in [2.45, 2.75) is 111 Å². The molecule has 0 unspecified atom stereocenters. The summed E-state index contributed by atoms with van der Waals surface area (Å²) in [5.74, 6) is 0. The third-order valence-electron chi connectivity index (χ3n) is 16.2. The van der Waals surface area contributed by atoms with Crippen molar-refractivity contribution in [3.05, 3.63) is 186 Å². The highest BCUT2D eigenvalue weighted by Gasteiger charge is 2.49. The van der Waals surface area contributed by atoms with Gasteiger partial charge >= 0.3 is 6.85 Å². The number of furan rings is 1. The molecule has 0 saturated heterocycles. The normalized spacial score (nSPS) is 15.3. The van der Waals surface area contributed by atoms with Crippen molar-refractivity contribution in [3.63, 3.8) is 0 Å². The third-order valence-corrected chi connectivity index (χ3v) is 16.2. The first kappa shape index (κ1) is 43.5. The third kappa shape index (κ3) is 7.07. The molecule has 0 radical (unpaired) electrons. The second-order valence-corrected chi connectivity index (χ2v) is 21.6. The maximum absolute atomic E-state index is 7.27. The summed E-state index contributed by atoms with van der Waals surface area (Å²) in [6, 6.07) is 60.5. The molecule has 0 spiro atoms. The maximum atomic E-state index is 7.27. The van der Waals surface area contributed by atoms with Crippen molar-refractivity contribution in [1.29, 1.82) is 0 Å².